The quantitative estimate of drug-likeness (QED) is 0.561. The fraction of sp³-hybridized carbons (Fsp3) is 0.100. The van der Waals surface area contributed by atoms with Crippen molar-refractivity contribution in [2.45, 2.75) is 6.54 Å². The van der Waals surface area contributed by atoms with Crippen molar-refractivity contribution in [3.63, 3.8) is 0 Å². The molecule has 2 rings (SSSR count). The van der Waals surface area contributed by atoms with E-state index in [2.05, 4.69) is 15.4 Å². The van der Waals surface area contributed by atoms with Crippen LogP contribution >= 0.6 is 0 Å². The number of nitrogens with one attached hydrogen (secondary N) is 3. The second-order valence-electron chi connectivity index (χ2n) is 3.15. The third-order valence-corrected chi connectivity index (χ3v) is 2.17. The molecule has 2 aromatic rings. The van der Waals surface area contributed by atoms with Gasteiger partial charge < -0.3 is 15.2 Å². The van der Waals surface area contributed by atoms with Crippen LogP contribution in [0.3, 0.4) is 0 Å². The van der Waals surface area contributed by atoms with Gasteiger partial charge in [0.05, 0.1) is 5.69 Å². The van der Waals surface area contributed by atoms with Gasteiger partial charge in [0.15, 0.2) is 0 Å². The number of hydroxylamine groups is 1. The van der Waals surface area contributed by atoms with Crippen LogP contribution in [0.15, 0.2) is 35.3 Å². The van der Waals surface area contributed by atoms with E-state index in [4.69, 9.17) is 5.21 Å². The summed E-state index contributed by atoms with van der Waals surface area (Å²) in [5.41, 5.74) is 4.37. The molecule has 0 aliphatic rings. The molecule has 0 aliphatic heterocycles. The Morgan fingerprint density at radius 3 is 2.80 bits per heavy atom. The topological polar surface area (TPSA) is 80.9 Å². The average molecular weight is 205 g/mol. The molecule has 1 aromatic heterocycles. The van der Waals surface area contributed by atoms with Crippen molar-refractivity contribution in [3.05, 3.63) is 46.5 Å². The molecule has 0 spiro atoms. The minimum atomic E-state index is -0.239. The molecule has 0 fully saturated rings. The molecule has 4 N–H and O–H groups in total. The largest absolute Gasteiger partial charge is 0.323 e. The lowest BCUT2D eigenvalue weighted by Crippen LogP contribution is -2.07. The summed E-state index contributed by atoms with van der Waals surface area (Å²) in [6, 6.07) is 7.51. The predicted octanol–water partition coefficient (Wildman–Crippen LogP) is 0.849. The third kappa shape index (κ3) is 1.98. The number of aromatic nitrogens is 2. The highest BCUT2D eigenvalue weighted by Crippen LogP contribution is 2.19. The van der Waals surface area contributed by atoms with E-state index >= 15 is 0 Å². The standard InChI is InChI=1S/C10H11N3O2/c14-10-11-6-9(13-10)8-4-2-1-3-7(8)5-12-15/h1-4,6,12,15H,5H2,(H2,11,13,14). The second-order valence-corrected chi connectivity index (χ2v) is 3.15. The monoisotopic (exact) mass is 205 g/mol. The Hall–Kier alpha value is -1.85. The van der Waals surface area contributed by atoms with Gasteiger partial charge in [-0.1, -0.05) is 24.3 Å². The van der Waals surface area contributed by atoms with Crippen LogP contribution < -0.4 is 11.2 Å². The molecule has 0 unspecified atom stereocenters. The van der Waals surface area contributed by atoms with Crippen LogP contribution in [0.2, 0.25) is 0 Å². The lowest BCUT2D eigenvalue weighted by atomic mass is 10.1. The first kappa shape index (κ1) is 9.70. The van der Waals surface area contributed by atoms with Crippen molar-refractivity contribution >= 4 is 0 Å². The van der Waals surface area contributed by atoms with Crippen LogP contribution in [0.1, 0.15) is 5.56 Å². The summed E-state index contributed by atoms with van der Waals surface area (Å²) in [7, 11) is 0. The number of rotatable bonds is 3. The maximum absolute atomic E-state index is 11.0. The highest BCUT2D eigenvalue weighted by atomic mass is 16.5. The van der Waals surface area contributed by atoms with Crippen molar-refractivity contribution in [2.24, 2.45) is 0 Å². The fourth-order valence-corrected chi connectivity index (χ4v) is 1.50. The summed E-state index contributed by atoms with van der Waals surface area (Å²) in [4.78, 5) is 16.2. The summed E-state index contributed by atoms with van der Waals surface area (Å²) < 4.78 is 0. The minimum Gasteiger partial charge on any atom is -0.316 e. The molecule has 0 saturated heterocycles. The summed E-state index contributed by atoms with van der Waals surface area (Å²) in [5.74, 6) is 0. The average Bonchev–Trinajstić information content (AvgIpc) is 2.66. The van der Waals surface area contributed by atoms with Gasteiger partial charge in [0.25, 0.3) is 0 Å². The summed E-state index contributed by atoms with van der Waals surface area (Å²) in [6.45, 7) is 0.337. The molecular weight excluding hydrogens is 194 g/mol. The van der Waals surface area contributed by atoms with Crippen LogP contribution in [-0.2, 0) is 6.54 Å². The maximum Gasteiger partial charge on any atom is 0.323 e. The molecule has 0 radical (unpaired) electrons. The van der Waals surface area contributed by atoms with E-state index in [1.54, 1.807) is 6.20 Å². The van der Waals surface area contributed by atoms with Crippen molar-refractivity contribution in [1.82, 2.24) is 15.4 Å². The Labute approximate surface area is 85.7 Å². The van der Waals surface area contributed by atoms with E-state index in [9.17, 15) is 4.79 Å². The molecule has 5 heteroatoms. The van der Waals surface area contributed by atoms with E-state index in [0.717, 1.165) is 11.1 Å². The molecule has 1 aromatic carbocycles. The van der Waals surface area contributed by atoms with Gasteiger partial charge >= 0.3 is 5.69 Å². The zero-order valence-corrected chi connectivity index (χ0v) is 7.95. The Bertz CT molecular complexity index is 501. The molecule has 5 nitrogen and oxygen atoms in total. The normalized spacial score (nSPS) is 10.5. The van der Waals surface area contributed by atoms with Gasteiger partial charge in [0.1, 0.15) is 0 Å². The van der Waals surface area contributed by atoms with Crippen LogP contribution in [0.25, 0.3) is 11.3 Å². The van der Waals surface area contributed by atoms with Crippen molar-refractivity contribution in [3.8, 4) is 11.3 Å². The third-order valence-electron chi connectivity index (χ3n) is 2.17. The summed E-state index contributed by atoms with van der Waals surface area (Å²) in [5, 5.41) is 8.67. The molecule has 0 amide bonds. The molecule has 0 bridgehead atoms. The smallest absolute Gasteiger partial charge is 0.316 e. The number of hydrogen-bond acceptors (Lipinski definition) is 3. The first-order chi connectivity index (χ1) is 7.31. The lowest BCUT2D eigenvalue weighted by Gasteiger charge is -2.05. The molecule has 0 atom stereocenters. The first-order valence-corrected chi connectivity index (χ1v) is 4.54. The Kier molecular flexibility index (Phi) is 2.66. The van der Waals surface area contributed by atoms with Crippen molar-refractivity contribution in [2.75, 3.05) is 0 Å². The number of hydrogen-bond donors (Lipinski definition) is 4. The minimum absolute atomic E-state index is 0.239. The number of imidazole rings is 1. The summed E-state index contributed by atoms with van der Waals surface area (Å²) >= 11 is 0. The highest BCUT2D eigenvalue weighted by Gasteiger charge is 2.05. The number of benzene rings is 1. The van der Waals surface area contributed by atoms with E-state index in [1.165, 1.54) is 0 Å². The van der Waals surface area contributed by atoms with Gasteiger partial charge in [-0.2, -0.15) is 0 Å². The zero-order valence-electron chi connectivity index (χ0n) is 7.95. The zero-order chi connectivity index (χ0) is 10.7. The Morgan fingerprint density at radius 2 is 2.13 bits per heavy atom. The first-order valence-electron chi connectivity index (χ1n) is 4.54. The van der Waals surface area contributed by atoms with Crippen molar-refractivity contribution in [1.29, 1.82) is 0 Å². The fourth-order valence-electron chi connectivity index (χ4n) is 1.50. The van der Waals surface area contributed by atoms with Gasteiger partial charge in [-0.05, 0) is 5.56 Å². The van der Waals surface area contributed by atoms with E-state index < -0.39 is 0 Å². The molecule has 78 valence electrons. The molecule has 1 heterocycles. The van der Waals surface area contributed by atoms with Crippen LogP contribution in [0, 0.1) is 0 Å². The number of H-pyrrole nitrogens is 2. The van der Waals surface area contributed by atoms with Crippen LogP contribution in [0.4, 0.5) is 0 Å². The maximum atomic E-state index is 11.0. The number of aromatic amines is 2. The van der Waals surface area contributed by atoms with Gasteiger partial charge in [-0.25, -0.2) is 10.3 Å². The summed E-state index contributed by atoms with van der Waals surface area (Å²) in [6.07, 6.45) is 1.61. The van der Waals surface area contributed by atoms with E-state index in [0.29, 0.717) is 12.2 Å². The second kappa shape index (κ2) is 4.12. The Balaban J connectivity index is 2.47. The molecule has 15 heavy (non-hydrogen) atoms. The van der Waals surface area contributed by atoms with Crippen molar-refractivity contribution < 1.29 is 5.21 Å². The lowest BCUT2D eigenvalue weighted by molar-refractivity contribution is 0.161. The Morgan fingerprint density at radius 1 is 1.33 bits per heavy atom. The van der Waals surface area contributed by atoms with Gasteiger partial charge in [0, 0.05) is 18.3 Å². The van der Waals surface area contributed by atoms with Crippen LogP contribution in [-0.4, -0.2) is 15.2 Å². The van der Waals surface area contributed by atoms with Gasteiger partial charge in [0.2, 0.25) is 0 Å². The van der Waals surface area contributed by atoms with Crippen LogP contribution in [0.5, 0.6) is 0 Å². The molecule has 0 aliphatic carbocycles. The SMILES string of the molecule is O=c1[nH]cc(-c2ccccc2CNO)[nH]1. The van der Waals surface area contributed by atoms with Gasteiger partial charge in [-0.15, -0.1) is 0 Å². The van der Waals surface area contributed by atoms with E-state index in [-0.39, 0.29) is 5.69 Å². The molecule has 0 saturated carbocycles. The van der Waals surface area contributed by atoms with E-state index in [1.807, 2.05) is 24.3 Å². The molecular formula is C10H11N3O2. The van der Waals surface area contributed by atoms with Gasteiger partial charge in [-0.3, -0.25) is 0 Å². The highest BCUT2D eigenvalue weighted by molar-refractivity contribution is 5.62. The predicted molar refractivity (Wildman–Crippen MR) is 55.5 cm³/mol.